The summed E-state index contributed by atoms with van der Waals surface area (Å²) in [6.45, 7) is 10.8. The summed E-state index contributed by atoms with van der Waals surface area (Å²) in [4.78, 5) is 0.296. The van der Waals surface area contributed by atoms with Gasteiger partial charge in [-0.3, -0.25) is 0 Å². The lowest BCUT2D eigenvalue weighted by Gasteiger charge is -2.14. The lowest BCUT2D eigenvalue weighted by Crippen LogP contribution is -2.33. The first-order valence-electron chi connectivity index (χ1n) is 7.65. The lowest BCUT2D eigenvalue weighted by atomic mass is 10.2. The van der Waals surface area contributed by atoms with E-state index in [1.165, 1.54) is 0 Å². The number of sulfonamides is 1. The van der Waals surface area contributed by atoms with Crippen LogP contribution in [0, 0.1) is 13.8 Å². The number of furan rings is 1. The first-order chi connectivity index (χ1) is 9.83. The van der Waals surface area contributed by atoms with Crippen LogP contribution in [0.4, 0.5) is 0 Å². The van der Waals surface area contributed by atoms with Gasteiger partial charge in [0.1, 0.15) is 16.4 Å². The molecule has 1 aromatic heterocycles. The summed E-state index contributed by atoms with van der Waals surface area (Å²) in [7, 11) is -3.54. The van der Waals surface area contributed by atoms with Crippen molar-refractivity contribution in [3.63, 3.8) is 0 Å². The first-order valence-corrected chi connectivity index (χ1v) is 9.13. The number of unbranched alkanes of at least 4 members (excludes halogenated alkanes) is 1. The Kier molecular flexibility index (Phi) is 6.90. The second-order valence-corrected chi connectivity index (χ2v) is 7.12. The molecule has 1 aromatic rings. The summed E-state index contributed by atoms with van der Waals surface area (Å²) >= 11 is 0. The Labute approximate surface area is 128 Å². The molecule has 1 rings (SSSR count). The minimum atomic E-state index is -3.54. The summed E-state index contributed by atoms with van der Waals surface area (Å²) in [5.74, 6) is 1.12. The Morgan fingerprint density at radius 3 is 2.43 bits per heavy atom. The van der Waals surface area contributed by atoms with E-state index in [-0.39, 0.29) is 6.04 Å². The summed E-state index contributed by atoms with van der Waals surface area (Å²) in [6, 6.07) is -0.0726. The lowest BCUT2D eigenvalue weighted by molar-refractivity contribution is 0.491. The van der Waals surface area contributed by atoms with Crippen LogP contribution in [0.3, 0.4) is 0 Å². The van der Waals surface area contributed by atoms with Crippen molar-refractivity contribution in [3.8, 4) is 0 Å². The fourth-order valence-electron chi connectivity index (χ4n) is 2.41. The molecule has 0 bridgehead atoms. The Morgan fingerprint density at radius 2 is 1.86 bits per heavy atom. The summed E-state index contributed by atoms with van der Waals surface area (Å²) < 4.78 is 33.5. The highest BCUT2D eigenvalue weighted by Gasteiger charge is 2.27. The van der Waals surface area contributed by atoms with Crippen LogP contribution >= 0.6 is 0 Å². The van der Waals surface area contributed by atoms with Crippen molar-refractivity contribution < 1.29 is 12.8 Å². The van der Waals surface area contributed by atoms with Crippen LogP contribution in [0.2, 0.25) is 0 Å². The molecular formula is C15H28N2O3S. The third-order valence-electron chi connectivity index (χ3n) is 3.49. The molecule has 1 unspecified atom stereocenters. The van der Waals surface area contributed by atoms with Gasteiger partial charge in [0.05, 0.1) is 0 Å². The van der Waals surface area contributed by atoms with Crippen molar-refractivity contribution in [2.75, 3.05) is 6.54 Å². The Bertz CT molecular complexity index is 550. The van der Waals surface area contributed by atoms with Crippen LogP contribution in [-0.4, -0.2) is 21.0 Å². The van der Waals surface area contributed by atoms with Crippen molar-refractivity contribution in [2.45, 2.75) is 71.4 Å². The predicted octanol–water partition coefficient (Wildman–Crippen LogP) is 2.86. The molecule has 6 heteroatoms. The zero-order chi connectivity index (χ0) is 16.0. The van der Waals surface area contributed by atoms with E-state index < -0.39 is 10.0 Å². The van der Waals surface area contributed by atoms with Crippen molar-refractivity contribution in [1.29, 1.82) is 0 Å². The molecule has 0 aromatic carbocycles. The van der Waals surface area contributed by atoms with E-state index in [0.717, 1.165) is 31.4 Å². The molecule has 0 aliphatic rings. The number of hydrogen-bond donors (Lipinski definition) is 2. The molecule has 0 aliphatic heterocycles. The molecule has 0 radical (unpaired) electrons. The second kappa shape index (κ2) is 7.96. The second-order valence-electron chi connectivity index (χ2n) is 5.47. The van der Waals surface area contributed by atoms with Gasteiger partial charge >= 0.3 is 0 Å². The molecule has 0 saturated heterocycles. The minimum absolute atomic E-state index is 0.0726. The molecule has 5 nitrogen and oxygen atoms in total. The summed E-state index contributed by atoms with van der Waals surface area (Å²) in [5.41, 5.74) is 0.726. The zero-order valence-electron chi connectivity index (χ0n) is 13.7. The van der Waals surface area contributed by atoms with Gasteiger partial charge in [0.2, 0.25) is 10.0 Å². The molecular weight excluding hydrogens is 288 g/mol. The van der Waals surface area contributed by atoms with Crippen LogP contribution in [0.25, 0.3) is 0 Å². The highest BCUT2D eigenvalue weighted by Crippen LogP contribution is 2.26. The molecule has 1 heterocycles. The van der Waals surface area contributed by atoms with Gasteiger partial charge in [-0.1, -0.05) is 26.7 Å². The van der Waals surface area contributed by atoms with E-state index in [0.29, 0.717) is 23.0 Å². The monoisotopic (exact) mass is 316 g/mol. The maximum atomic E-state index is 12.6. The van der Waals surface area contributed by atoms with Crippen molar-refractivity contribution in [1.82, 2.24) is 10.0 Å². The topological polar surface area (TPSA) is 71.3 Å². The largest absolute Gasteiger partial charge is 0.465 e. The van der Waals surface area contributed by atoms with E-state index in [9.17, 15) is 8.42 Å². The smallest absolute Gasteiger partial charge is 0.244 e. The fourth-order valence-corrected chi connectivity index (χ4v) is 4.13. The molecule has 0 saturated carbocycles. The van der Waals surface area contributed by atoms with Gasteiger partial charge in [-0.05, 0) is 33.7 Å². The standard InChI is InChI=1S/C15H28N2O3S/c1-6-8-9-11(3)17-21(18,19)15-13(5)20-12(4)14(15)10-16-7-2/h11,16-17H,6-10H2,1-5H3. The molecule has 0 aliphatic carbocycles. The molecule has 2 N–H and O–H groups in total. The third kappa shape index (κ3) is 4.83. The van der Waals surface area contributed by atoms with Gasteiger partial charge in [0.25, 0.3) is 0 Å². The maximum Gasteiger partial charge on any atom is 0.244 e. The van der Waals surface area contributed by atoms with Crippen LogP contribution in [0.5, 0.6) is 0 Å². The number of rotatable bonds is 9. The van der Waals surface area contributed by atoms with Crippen LogP contribution in [0.15, 0.2) is 9.31 Å². The first kappa shape index (κ1) is 18.2. The molecule has 1 atom stereocenters. The van der Waals surface area contributed by atoms with Gasteiger partial charge in [-0.15, -0.1) is 0 Å². The highest BCUT2D eigenvalue weighted by atomic mass is 32.2. The van der Waals surface area contributed by atoms with Gasteiger partial charge < -0.3 is 9.73 Å². The van der Waals surface area contributed by atoms with Gasteiger partial charge in [0, 0.05) is 18.2 Å². The van der Waals surface area contributed by atoms with Gasteiger partial charge in [0.15, 0.2) is 0 Å². The molecule has 0 spiro atoms. The molecule has 0 amide bonds. The highest BCUT2D eigenvalue weighted by molar-refractivity contribution is 7.89. The number of nitrogens with one attached hydrogen (secondary N) is 2. The van der Waals surface area contributed by atoms with E-state index in [4.69, 9.17) is 4.42 Å². The van der Waals surface area contributed by atoms with Crippen LogP contribution < -0.4 is 10.0 Å². The molecule has 122 valence electrons. The zero-order valence-corrected chi connectivity index (χ0v) is 14.6. The SMILES string of the molecule is CCCCC(C)NS(=O)(=O)c1c(C)oc(C)c1CNCC. The predicted molar refractivity (Wildman–Crippen MR) is 84.9 cm³/mol. The fraction of sp³-hybridized carbons (Fsp3) is 0.733. The Balaban J connectivity index is 3.01. The Morgan fingerprint density at radius 1 is 1.19 bits per heavy atom. The van der Waals surface area contributed by atoms with E-state index in [2.05, 4.69) is 17.0 Å². The van der Waals surface area contributed by atoms with E-state index in [1.54, 1.807) is 13.8 Å². The average molecular weight is 316 g/mol. The van der Waals surface area contributed by atoms with Crippen molar-refractivity contribution >= 4 is 10.0 Å². The third-order valence-corrected chi connectivity index (χ3v) is 5.28. The van der Waals surface area contributed by atoms with Gasteiger partial charge in [-0.25, -0.2) is 13.1 Å². The summed E-state index contributed by atoms with van der Waals surface area (Å²) in [5, 5.41) is 3.17. The van der Waals surface area contributed by atoms with E-state index in [1.807, 2.05) is 13.8 Å². The van der Waals surface area contributed by atoms with Crippen LogP contribution in [-0.2, 0) is 16.6 Å². The average Bonchev–Trinajstić information content (AvgIpc) is 2.68. The minimum Gasteiger partial charge on any atom is -0.465 e. The maximum absolute atomic E-state index is 12.6. The summed E-state index contributed by atoms with van der Waals surface area (Å²) in [6.07, 6.45) is 2.91. The van der Waals surface area contributed by atoms with Crippen molar-refractivity contribution in [3.05, 3.63) is 17.1 Å². The van der Waals surface area contributed by atoms with Crippen LogP contribution in [0.1, 0.15) is 57.1 Å². The molecule has 0 fully saturated rings. The Hall–Kier alpha value is -0.850. The normalized spacial score (nSPS) is 13.6. The van der Waals surface area contributed by atoms with E-state index >= 15 is 0 Å². The molecule has 21 heavy (non-hydrogen) atoms. The van der Waals surface area contributed by atoms with Crippen molar-refractivity contribution in [2.24, 2.45) is 0 Å². The number of aryl methyl sites for hydroxylation is 2. The number of hydrogen-bond acceptors (Lipinski definition) is 4. The van der Waals surface area contributed by atoms with Gasteiger partial charge in [-0.2, -0.15) is 0 Å². The quantitative estimate of drug-likeness (QED) is 0.735.